The van der Waals surface area contributed by atoms with Gasteiger partial charge in [0.15, 0.2) is 0 Å². The molecule has 20 heavy (non-hydrogen) atoms. The number of thioether (sulfide) groups is 1. The van der Waals surface area contributed by atoms with E-state index in [1.807, 2.05) is 18.0 Å². The van der Waals surface area contributed by atoms with Gasteiger partial charge in [-0.3, -0.25) is 9.98 Å². The third kappa shape index (κ3) is 2.50. The van der Waals surface area contributed by atoms with Gasteiger partial charge in [-0.2, -0.15) is 0 Å². The van der Waals surface area contributed by atoms with Crippen LogP contribution in [0.1, 0.15) is 29.7 Å². The van der Waals surface area contributed by atoms with E-state index in [0.717, 1.165) is 11.4 Å². The van der Waals surface area contributed by atoms with Crippen LogP contribution in [0.4, 0.5) is 0 Å². The van der Waals surface area contributed by atoms with E-state index in [2.05, 4.69) is 61.1 Å². The fourth-order valence-corrected chi connectivity index (χ4v) is 3.32. The Balaban J connectivity index is 1.92. The lowest BCUT2D eigenvalue weighted by Gasteiger charge is -2.10. The predicted octanol–water partition coefficient (Wildman–Crippen LogP) is 4.57. The topological polar surface area (TPSA) is 25.2 Å². The standard InChI is InChI=1S/C17H18N2S/c1-11-5-4-6-15(12(11)2)16-8-7-14(9-18-16)17-10-20-13(3)19-17/h4-9,17H,10H2,1-3H3. The van der Waals surface area contributed by atoms with Crippen molar-refractivity contribution >= 4 is 16.8 Å². The second-order valence-electron chi connectivity index (χ2n) is 5.20. The van der Waals surface area contributed by atoms with Crippen LogP contribution in [0.3, 0.4) is 0 Å². The summed E-state index contributed by atoms with van der Waals surface area (Å²) in [5.74, 6) is 1.04. The zero-order chi connectivity index (χ0) is 14.1. The molecule has 1 aromatic carbocycles. The van der Waals surface area contributed by atoms with Crippen LogP contribution in [-0.2, 0) is 0 Å². The molecule has 1 aliphatic heterocycles. The van der Waals surface area contributed by atoms with Gasteiger partial charge in [-0.1, -0.05) is 24.3 Å². The maximum absolute atomic E-state index is 4.64. The fourth-order valence-electron chi connectivity index (χ4n) is 2.45. The van der Waals surface area contributed by atoms with Crippen molar-refractivity contribution in [1.82, 2.24) is 4.98 Å². The van der Waals surface area contributed by atoms with Crippen LogP contribution in [0.5, 0.6) is 0 Å². The Morgan fingerprint density at radius 2 is 1.95 bits per heavy atom. The summed E-state index contributed by atoms with van der Waals surface area (Å²) < 4.78 is 0. The number of aliphatic imine (C=N–C) groups is 1. The van der Waals surface area contributed by atoms with E-state index < -0.39 is 0 Å². The first-order valence-electron chi connectivity index (χ1n) is 6.85. The zero-order valence-corrected chi connectivity index (χ0v) is 12.9. The molecule has 0 N–H and O–H groups in total. The van der Waals surface area contributed by atoms with Gasteiger partial charge in [0.05, 0.1) is 16.8 Å². The first-order chi connectivity index (χ1) is 9.65. The third-order valence-electron chi connectivity index (χ3n) is 3.84. The van der Waals surface area contributed by atoms with Crippen LogP contribution < -0.4 is 0 Å². The first kappa shape index (κ1) is 13.4. The van der Waals surface area contributed by atoms with Gasteiger partial charge >= 0.3 is 0 Å². The lowest BCUT2D eigenvalue weighted by atomic mass is 10.00. The zero-order valence-electron chi connectivity index (χ0n) is 12.1. The summed E-state index contributed by atoms with van der Waals surface area (Å²) in [4.78, 5) is 9.27. The summed E-state index contributed by atoms with van der Waals surface area (Å²) in [6, 6.07) is 10.9. The number of hydrogen-bond donors (Lipinski definition) is 0. The van der Waals surface area contributed by atoms with Crippen molar-refractivity contribution in [1.29, 1.82) is 0 Å². The number of aryl methyl sites for hydroxylation is 1. The number of pyridine rings is 1. The minimum atomic E-state index is 0.278. The molecule has 3 heteroatoms. The van der Waals surface area contributed by atoms with E-state index in [4.69, 9.17) is 0 Å². The second-order valence-corrected chi connectivity index (χ2v) is 6.41. The smallest absolute Gasteiger partial charge is 0.0867 e. The predicted molar refractivity (Wildman–Crippen MR) is 87.5 cm³/mol. The molecule has 2 heterocycles. The molecule has 1 unspecified atom stereocenters. The van der Waals surface area contributed by atoms with Crippen molar-refractivity contribution in [2.45, 2.75) is 26.8 Å². The Morgan fingerprint density at radius 3 is 2.60 bits per heavy atom. The van der Waals surface area contributed by atoms with Gasteiger partial charge in [0.25, 0.3) is 0 Å². The molecular weight excluding hydrogens is 264 g/mol. The van der Waals surface area contributed by atoms with E-state index in [1.165, 1.54) is 27.3 Å². The van der Waals surface area contributed by atoms with Gasteiger partial charge in [0.2, 0.25) is 0 Å². The van der Waals surface area contributed by atoms with Crippen LogP contribution in [0.25, 0.3) is 11.3 Å². The Labute approximate surface area is 124 Å². The van der Waals surface area contributed by atoms with Crippen molar-refractivity contribution in [3.05, 3.63) is 53.2 Å². The highest BCUT2D eigenvalue weighted by molar-refractivity contribution is 8.14. The number of nitrogens with zero attached hydrogens (tertiary/aromatic N) is 2. The maximum atomic E-state index is 4.64. The van der Waals surface area contributed by atoms with Crippen molar-refractivity contribution in [2.24, 2.45) is 4.99 Å². The average Bonchev–Trinajstić information content (AvgIpc) is 2.89. The molecule has 0 aliphatic carbocycles. The molecule has 2 nitrogen and oxygen atoms in total. The van der Waals surface area contributed by atoms with Gasteiger partial charge in [-0.05, 0) is 43.5 Å². The summed E-state index contributed by atoms with van der Waals surface area (Å²) >= 11 is 1.83. The largest absolute Gasteiger partial charge is 0.274 e. The Bertz CT molecular complexity index is 659. The molecule has 1 atom stereocenters. The van der Waals surface area contributed by atoms with E-state index >= 15 is 0 Å². The monoisotopic (exact) mass is 282 g/mol. The summed E-state index contributed by atoms with van der Waals surface area (Å²) in [6.45, 7) is 6.37. The number of aromatic nitrogens is 1. The molecule has 1 aliphatic rings. The van der Waals surface area contributed by atoms with Crippen LogP contribution in [-0.4, -0.2) is 15.8 Å². The van der Waals surface area contributed by atoms with E-state index in [-0.39, 0.29) is 6.04 Å². The molecule has 2 aromatic rings. The highest BCUT2D eigenvalue weighted by Gasteiger charge is 2.17. The molecule has 0 saturated heterocycles. The van der Waals surface area contributed by atoms with Crippen LogP contribution >= 0.6 is 11.8 Å². The van der Waals surface area contributed by atoms with Crippen molar-refractivity contribution in [3.63, 3.8) is 0 Å². The SMILES string of the molecule is CC1=NC(c2ccc(-c3cccc(C)c3C)nc2)CS1. The Kier molecular flexibility index (Phi) is 3.62. The van der Waals surface area contributed by atoms with Crippen molar-refractivity contribution in [3.8, 4) is 11.3 Å². The lowest BCUT2D eigenvalue weighted by Crippen LogP contribution is -1.96. The van der Waals surface area contributed by atoms with E-state index in [0.29, 0.717) is 0 Å². The fraction of sp³-hybridized carbons (Fsp3) is 0.294. The molecule has 3 rings (SSSR count). The number of rotatable bonds is 2. The highest BCUT2D eigenvalue weighted by Crippen LogP contribution is 2.31. The van der Waals surface area contributed by atoms with Crippen molar-refractivity contribution in [2.75, 3.05) is 5.75 Å². The van der Waals surface area contributed by atoms with Gasteiger partial charge in [-0.15, -0.1) is 11.8 Å². The molecule has 0 fully saturated rings. The number of benzene rings is 1. The van der Waals surface area contributed by atoms with Crippen LogP contribution in [0.2, 0.25) is 0 Å². The average molecular weight is 282 g/mol. The van der Waals surface area contributed by atoms with Gasteiger partial charge < -0.3 is 0 Å². The first-order valence-corrected chi connectivity index (χ1v) is 7.83. The lowest BCUT2D eigenvalue weighted by molar-refractivity contribution is 0.842. The molecule has 0 amide bonds. The minimum absolute atomic E-state index is 0.278. The highest BCUT2D eigenvalue weighted by atomic mass is 32.2. The maximum Gasteiger partial charge on any atom is 0.0867 e. The number of hydrogen-bond acceptors (Lipinski definition) is 3. The Hall–Kier alpha value is -1.61. The van der Waals surface area contributed by atoms with E-state index in [1.54, 1.807) is 0 Å². The summed E-state index contributed by atoms with van der Waals surface area (Å²) in [5.41, 5.74) is 6.08. The second kappa shape index (κ2) is 5.41. The quantitative estimate of drug-likeness (QED) is 0.806. The minimum Gasteiger partial charge on any atom is -0.274 e. The molecule has 0 bridgehead atoms. The normalized spacial score (nSPS) is 18.1. The molecule has 1 aromatic heterocycles. The molecular formula is C17H18N2S. The molecule has 102 valence electrons. The van der Waals surface area contributed by atoms with E-state index in [9.17, 15) is 0 Å². The molecule has 0 radical (unpaired) electrons. The van der Waals surface area contributed by atoms with Crippen LogP contribution in [0, 0.1) is 13.8 Å². The summed E-state index contributed by atoms with van der Waals surface area (Å²) in [5, 5.41) is 1.17. The van der Waals surface area contributed by atoms with Gasteiger partial charge in [0.1, 0.15) is 0 Å². The summed E-state index contributed by atoms with van der Waals surface area (Å²) in [6.07, 6.45) is 1.98. The molecule has 0 spiro atoms. The molecule has 0 saturated carbocycles. The Morgan fingerprint density at radius 1 is 1.10 bits per heavy atom. The van der Waals surface area contributed by atoms with Gasteiger partial charge in [-0.25, -0.2) is 0 Å². The van der Waals surface area contributed by atoms with Crippen molar-refractivity contribution < 1.29 is 0 Å². The summed E-state index contributed by atoms with van der Waals surface area (Å²) in [7, 11) is 0. The van der Waals surface area contributed by atoms with Gasteiger partial charge in [0, 0.05) is 17.5 Å². The third-order valence-corrected chi connectivity index (χ3v) is 4.85. The van der Waals surface area contributed by atoms with Crippen LogP contribution in [0.15, 0.2) is 41.5 Å².